The van der Waals surface area contributed by atoms with Gasteiger partial charge < -0.3 is 11.1 Å². The van der Waals surface area contributed by atoms with Gasteiger partial charge in [-0.15, -0.1) is 0 Å². The molecule has 0 aliphatic heterocycles. The van der Waals surface area contributed by atoms with Crippen LogP contribution < -0.4 is 16.2 Å². The van der Waals surface area contributed by atoms with Crippen molar-refractivity contribution >= 4 is 27.3 Å². The standard InChI is InChI=1S/C9H12N4O5S/c10-9(14)6-1-2-7(8(5-6)13(15)16)12-3-4-19(11,17)18/h1-2,5,12H,3-4H2,(H2,10,14)(H2,11,17,18). The Hall–Kier alpha value is -2.20. The van der Waals surface area contributed by atoms with Crippen LogP contribution in [0, 0.1) is 10.1 Å². The Kier molecular flexibility index (Phi) is 4.40. The molecule has 0 saturated heterocycles. The molecule has 0 heterocycles. The number of nitro benzene ring substituents is 1. The molecule has 1 aromatic carbocycles. The van der Waals surface area contributed by atoms with Crippen molar-refractivity contribution in [1.82, 2.24) is 0 Å². The summed E-state index contributed by atoms with van der Waals surface area (Å²) in [6, 6.07) is 3.59. The maximum absolute atomic E-state index is 10.9. The zero-order chi connectivity index (χ0) is 14.6. The number of nitrogens with one attached hydrogen (secondary N) is 1. The Balaban J connectivity index is 2.94. The van der Waals surface area contributed by atoms with E-state index in [4.69, 9.17) is 10.9 Å². The first kappa shape index (κ1) is 14.9. The molecule has 0 aliphatic carbocycles. The number of anilines is 1. The molecule has 0 aromatic heterocycles. The second-order valence-corrected chi connectivity index (χ2v) is 5.38. The number of nitrogens with zero attached hydrogens (tertiary/aromatic N) is 1. The summed E-state index contributed by atoms with van der Waals surface area (Å²) in [6.07, 6.45) is 0. The monoisotopic (exact) mass is 288 g/mol. The number of carbonyl (C=O) groups excluding carboxylic acids is 1. The van der Waals surface area contributed by atoms with Gasteiger partial charge in [-0.1, -0.05) is 0 Å². The van der Waals surface area contributed by atoms with Crippen LogP contribution in [0.5, 0.6) is 0 Å². The van der Waals surface area contributed by atoms with Crippen molar-refractivity contribution in [3.63, 3.8) is 0 Å². The average molecular weight is 288 g/mol. The van der Waals surface area contributed by atoms with Crippen LogP contribution in [0.1, 0.15) is 10.4 Å². The van der Waals surface area contributed by atoms with Crippen molar-refractivity contribution in [2.45, 2.75) is 0 Å². The van der Waals surface area contributed by atoms with Crippen molar-refractivity contribution in [2.24, 2.45) is 10.9 Å². The van der Waals surface area contributed by atoms with E-state index in [0.29, 0.717) is 0 Å². The molecule has 19 heavy (non-hydrogen) atoms. The van der Waals surface area contributed by atoms with Crippen LogP contribution >= 0.6 is 0 Å². The molecule has 9 nitrogen and oxygen atoms in total. The second kappa shape index (κ2) is 5.63. The highest BCUT2D eigenvalue weighted by Crippen LogP contribution is 2.25. The van der Waals surface area contributed by atoms with Crippen LogP contribution in [0.2, 0.25) is 0 Å². The molecule has 0 unspecified atom stereocenters. The van der Waals surface area contributed by atoms with Crippen LogP contribution in [0.25, 0.3) is 0 Å². The van der Waals surface area contributed by atoms with E-state index in [1.54, 1.807) is 0 Å². The molecule has 104 valence electrons. The van der Waals surface area contributed by atoms with Crippen LogP contribution in [-0.2, 0) is 10.0 Å². The zero-order valence-electron chi connectivity index (χ0n) is 9.70. The van der Waals surface area contributed by atoms with E-state index < -0.39 is 20.9 Å². The third-order valence-corrected chi connectivity index (χ3v) is 2.95. The van der Waals surface area contributed by atoms with E-state index >= 15 is 0 Å². The topological polar surface area (TPSA) is 158 Å². The van der Waals surface area contributed by atoms with Gasteiger partial charge in [-0.25, -0.2) is 13.6 Å². The summed E-state index contributed by atoms with van der Waals surface area (Å²) in [5, 5.41) is 18.2. The summed E-state index contributed by atoms with van der Waals surface area (Å²) in [6.45, 7) is -0.0877. The van der Waals surface area contributed by atoms with Gasteiger partial charge >= 0.3 is 0 Å². The first-order chi connectivity index (χ1) is 8.70. The number of hydrogen-bond donors (Lipinski definition) is 3. The van der Waals surface area contributed by atoms with Crippen molar-refractivity contribution in [3.05, 3.63) is 33.9 Å². The Morgan fingerprint density at radius 2 is 2.05 bits per heavy atom. The first-order valence-electron chi connectivity index (χ1n) is 5.03. The van der Waals surface area contributed by atoms with E-state index in [0.717, 1.165) is 6.07 Å². The summed E-state index contributed by atoms with van der Waals surface area (Å²) in [5.74, 6) is -1.17. The molecule has 1 aromatic rings. The Morgan fingerprint density at radius 1 is 1.42 bits per heavy atom. The molecule has 0 bridgehead atoms. The fourth-order valence-electron chi connectivity index (χ4n) is 1.31. The Bertz CT molecular complexity index is 613. The summed E-state index contributed by atoms with van der Waals surface area (Å²) in [4.78, 5) is 21.0. The van der Waals surface area contributed by atoms with Crippen molar-refractivity contribution in [2.75, 3.05) is 17.6 Å². The molecule has 1 rings (SSSR count). The maximum atomic E-state index is 10.9. The number of nitrogens with two attached hydrogens (primary N) is 2. The zero-order valence-corrected chi connectivity index (χ0v) is 10.5. The second-order valence-electron chi connectivity index (χ2n) is 3.65. The molecule has 10 heteroatoms. The third-order valence-electron chi connectivity index (χ3n) is 2.18. The maximum Gasteiger partial charge on any atom is 0.293 e. The van der Waals surface area contributed by atoms with Gasteiger partial charge in [-0.05, 0) is 12.1 Å². The number of carbonyl (C=O) groups is 1. The smallest absolute Gasteiger partial charge is 0.293 e. The average Bonchev–Trinajstić information content (AvgIpc) is 2.27. The predicted molar refractivity (Wildman–Crippen MR) is 68.1 cm³/mol. The van der Waals surface area contributed by atoms with E-state index in [-0.39, 0.29) is 29.2 Å². The van der Waals surface area contributed by atoms with Crippen LogP contribution in [0.4, 0.5) is 11.4 Å². The summed E-state index contributed by atoms with van der Waals surface area (Å²) in [5.41, 5.74) is 4.71. The van der Waals surface area contributed by atoms with Crippen LogP contribution in [0.3, 0.4) is 0 Å². The van der Waals surface area contributed by atoms with E-state index in [1.165, 1.54) is 12.1 Å². The number of primary sulfonamides is 1. The van der Waals surface area contributed by atoms with Crippen LogP contribution in [0.15, 0.2) is 18.2 Å². The number of rotatable bonds is 6. The number of nitro groups is 1. The fourth-order valence-corrected chi connectivity index (χ4v) is 1.70. The summed E-state index contributed by atoms with van der Waals surface area (Å²) in [7, 11) is -3.66. The number of hydrogen-bond acceptors (Lipinski definition) is 6. The normalized spacial score (nSPS) is 11.0. The Labute approximate surface area is 108 Å². The molecule has 0 spiro atoms. The minimum absolute atomic E-state index is 0.0105. The number of primary amides is 1. The molecule has 0 fully saturated rings. The largest absolute Gasteiger partial charge is 0.378 e. The van der Waals surface area contributed by atoms with Crippen molar-refractivity contribution in [3.8, 4) is 0 Å². The quantitative estimate of drug-likeness (QED) is 0.468. The van der Waals surface area contributed by atoms with Gasteiger partial charge in [-0.3, -0.25) is 14.9 Å². The highest BCUT2D eigenvalue weighted by molar-refractivity contribution is 7.89. The Morgan fingerprint density at radius 3 is 2.53 bits per heavy atom. The number of sulfonamides is 1. The lowest BCUT2D eigenvalue weighted by Gasteiger charge is -2.07. The minimum Gasteiger partial charge on any atom is -0.378 e. The molecule has 0 aliphatic rings. The minimum atomic E-state index is -3.66. The molecule has 0 radical (unpaired) electrons. The van der Waals surface area contributed by atoms with Crippen LogP contribution in [-0.4, -0.2) is 31.5 Å². The number of benzene rings is 1. The van der Waals surface area contributed by atoms with Gasteiger partial charge in [-0.2, -0.15) is 0 Å². The fraction of sp³-hybridized carbons (Fsp3) is 0.222. The number of amides is 1. The third kappa shape index (κ3) is 4.52. The molecule has 5 N–H and O–H groups in total. The van der Waals surface area contributed by atoms with Gasteiger partial charge in [0.2, 0.25) is 15.9 Å². The molecular weight excluding hydrogens is 276 g/mol. The van der Waals surface area contributed by atoms with E-state index in [1.807, 2.05) is 0 Å². The molecular formula is C9H12N4O5S. The van der Waals surface area contributed by atoms with Gasteiger partial charge in [0.1, 0.15) is 5.69 Å². The SMILES string of the molecule is NC(=O)c1ccc(NCCS(N)(=O)=O)c([N+](=O)[O-])c1. The predicted octanol–water partition coefficient (Wildman–Crippen LogP) is -0.606. The lowest BCUT2D eigenvalue weighted by atomic mass is 10.1. The van der Waals surface area contributed by atoms with Crippen molar-refractivity contribution in [1.29, 1.82) is 0 Å². The van der Waals surface area contributed by atoms with Gasteiger partial charge in [0, 0.05) is 18.2 Å². The molecule has 1 amide bonds. The van der Waals surface area contributed by atoms with Gasteiger partial charge in [0.15, 0.2) is 0 Å². The lowest BCUT2D eigenvalue weighted by Crippen LogP contribution is -2.22. The van der Waals surface area contributed by atoms with Crippen molar-refractivity contribution < 1.29 is 18.1 Å². The van der Waals surface area contributed by atoms with Gasteiger partial charge in [0.05, 0.1) is 10.7 Å². The highest BCUT2D eigenvalue weighted by atomic mass is 32.2. The summed E-state index contributed by atoms with van der Waals surface area (Å²) >= 11 is 0. The molecule has 0 atom stereocenters. The van der Waals surface area contributed by atoms with E-state index in [2.05, 4.69) is 5.32 Å². The first-order valence-corrected chi connectivity index (χ1v) is 6.75. The lowest BCUT2D eigenvalue weighted by molar-refractivity contribution is -0.384. The van der Waals surface area contributed by atoms with E-state index in [9.17, 15) is 23.3 Å². The molecule has 0 saturated carbocycles. The summed E-state index contributed by atoms with van der Waals surface area (Å²) < 4.78 is 21.5. The highest BCUT2D eigenvalue weighted by Gasteiger charge is 2.16. The van der Waals surface area contributed by atoms with Gasteiger partial charge in [0.25, 0.3) is 5.69 Å².